The van der Waals surface area contributed by atoms with Gasteiger partial charge >= 0.3 is 0 Å². The van der Waals surface area contributed by atoms with Gasteiger partial charge in [0, 0.05) is 0 Å². The van der Waals surface area contributed by atoms with E-state index in [-0.39, 0.29) is 12.4 Å². The van der Waals surface area contributed by atoms with Crippen molar-refractivity contribution >= 4 is 39.4 Å². The van der Waals surface area contributed by atoms with Crippen LogP contribution in [0.3, 0.4) is 0 Å². The van der Waals surface area contributed by atoms with Crippen LogP contribution in [0.4, 0.5) is 5.82 Å². The normalized spacial score (nSPS) is 24.5. The van der Waals surface area contributed by atoms with Crippen LogP contribution in [-0.4, -0.2) is 61.3 Å². The van der Waals surface area contributed by atoms with Gasteiger partial charge in [0.1, 0.15) is 30.2 Å². The summed E-state index contributed by atoms with van der Waals surface area (Å²) in [4.78, 5) is 12.3. The van der Waals surface area contributed by atoms with Gasteiger partial charge in [-0.3, -0.25) is 4.57 Å². The summed E-state index contributed by atoms with van der Waals surface area (Å²) >= 11 is 0. The van der Waals surface area contributed by atoms with Gasteiger partial charge in [0.05, 0.1) is 19.5 Å². The van der Waals surface area contributed by atoms with E-state index in [9.17, 15) is 10.2 Å². The van der Waals surface area contributed by atoms with Crippen molar-refractivity contribution in [3.05, 3.63) is 60.2 Å². The number of ether oxygens (including phenoxy) is 2. The first-order chi connectivity index (χ1) is 15.6. The minimum Gasteiger partial charge on any atom is -0.387 e. The lowest BCUT2D eigenvalue weighted by Crippen LogP contribution is -2.34. The van der Waals surface area contributed by atoms with E-state index in [4.69, 9.17) is 15.2 Å². The van der Waals surface area contributed by atoms with Gasteiger partial charge in [-0.25, -0.2) is 15.0 Å². The Morgan fingerprint density at radius 1 is 1.06 bits per heavy atom. The Morgan fingerprint density at radius 3 is 2.78 bits per heavy atom. The maximum Gasteiger partial charge on any atom is 0.167 e. The molecule has 162 valence electrons. The van der Waals surface area contributed by atoms with E-state index in [0.29, 0.717) is 17.8 Å². The van der Waals surface area contributed by atoms with Crippen molar-refractivity contribution in [2.75, 3.05) is 18.9 Å². The quantitative estimate of drug-likeness (QED) is 0.436. The molecule has 4 N–H and O–H groups in total. The van der Waals surface area contributed by atoms with E-state index in [1.807, 2.05) is 12.1 Å². The molecule has 3 heterocycles. The second-order valence-electron chi connectivity index (χ2n) is 8.06. The van der Waals surface area contributed by atoms with Crippen LogP contribution in [0, 0.1) is 0 Å². The summed E-state index contributed by atoms with van der Waals surface area (Å²) < 4.78 is 13.4. The molecule has 0 saturated carbocycles. The molecule has 9 heteroatoms. The van der Waals surface area contributed by atoms with Crippen LogP contribution in [0.2, 0.25) is 0 Å². The molecule has 6 rings (SSSR count). The average Bonchev–Trinajstić information content (AvgIpc) is 3.47. The minimum atomic E-state index is -1.17. The van der Waals surface area contributed by atoms with Gasteiger partial charge in [-0.05, 0) is 33.5 Å². The zero-order valence-electron chi connectivity index (χ0n) is 17.0. The first-order valence-electron chi connectivity index (χ1n) is 10.4. The number of nitrogens with two attached hydrogens (primary N) is 1. The molecule has 0 bridgehead atoms. The van der Waals surface area contributed by atoms with Crippen molar-refractivity contribution in [2.45, 2.75) is 24.5 Å². The van der Waals surface area contributed by atoms with Crippen molar-refractivity contribution in [2.24, 2.45) is 0 Å². The molecule has 2 aromatic heterocycles. The summed E-state index contributed by atoms with van der Waals surface area (Å²) in [6, 6.07) is 12.5. The number of rotatable bonds is 5. The van der Waals surface area contributed by atoms with Gasteiger partial charge < -0.3 is 25.4 Å². The summed E-state index contributed by atoms with van der Waals surface area (Å²) in [5, 5.41) is 23.6. The minimum absolute atomic E-state index is 0.127. The Balaban J connectivity index is 1.16. The number of fused-ring (bicyclic) bond motifs is 1. The lowest BCUT2D eigenvalue weighted by atomic mass is 10.0. The van der Waals surface area contributed by atoms with E-state index < -0.39 is 24.5 Å². The van der Waals surface area contributed by atoms with Gasteiger partial charge in [-0.15, -0.1) is 0 Å². The number of nitrogen functional groups attached to an aromatic ring is 1. The third-order valence-electron chi connectivity index (χ3n) is 6.15. The summed E-state index contributed by atoms with van der Waals surface area (Å²) in [5.41, 5.74) is 10.1. The van der Waals surface area contributed by atoms with Crippen LogP contribution in [-0.2, 0) is 9.47 Å². The number of anilines is 1. The summed E-state index contributed by atoms with van der Waals surface area (Å²) in [6.07, 6.45) is 1.08. The molecule has 0 amide bonds. The molecule has 2 aromatic carbocycles. The highest BCUT2D eigenvalue weighted by atomic mass is 16.6. The molecule has 0 unspecified atom stereocenters. The molecule has 1 aliphatic heterocycles. The van der Waals surface area contributed by atoms with Crippen LogP contribution in [0.1, 0.15) is 17.4 Å². The highest BCUT2D eigenvalue weighted by Crippen LogP contribution is 2.37. The second kappa shape index (κ2) is 7.35. The number of hydrogen-bond donors (Lipinski definition) is 3. The summed E-state index contributed by atoms with van der Waals surface area (Å²) in [5.74, 6) is 0.238. The maximum absolute atomic E-state index is 10.6. The molecule has 0 spiro atoms. The van der Waals surface area contributed by atoms with Crippen LogP contribution in [0.25, 0.3) is 33.6 Å². The van der Waals surface area contributed by atoms with E-state index in [1.54, 1.807) is 4.57 Å². The molecule has 32 heavy (non-hydrogen) atoms. The average molecular weight is 431 g/mol. The maximum atomic E-state index is 10.6. The van der Waals surface area contributed by atoms with Gasteiger partial charge in [0.15, 0.2) is 17.7 Å². The predicted molar refractivity (Wildman–Crippen MR) is 118 cm³/mol. The summed E-state index contributed by atoms with van der Waals surface area (Å²) in [6.45, 7) is 0.501. The third-order valence-corrected chi connectivity index (χ3v) is 6.15. The van der Waals surface area contributed by atoms with Gasteiger partial charge in [0.25, 0.3) is 0 Å². The number of aromatic nitrogens is 4. The van der Waals surface area contributed by atoms with Crippen molar-refractivity contribution in [3.63, 3.8) is 0 Å². The third kappa shape index (κ3) is 2.90. The Bertz CT molecular complexity index is 1360. The highest BCUT2D eigenvalue weighted by molar-refractivity contribution is 6.09. The zero-order valence-corrected chi connectivity index (χ0v) is 17.0. The molecule has 1 fully saturated rings. The number of nitrogens with zero attached hydrogens (tertiary/aromatic N) is 4. The van der Waals surface area contributed by atoms with Crippen LogP contribution < -0.4 is 5.73 Å². The van der Waals surface area contributed by atoms with E-state index in [2.05, 4.69) is 45.3 Å². The Hall–Kier alpha value is -3.37. The van der Waals surface area contributed by atoms with Gasteiger partial charge in [-0.2, -0.15) is 0 Å². The second-order valence-corrected chi connectivity index (χ2v) is 8.06. The van der Waals surface area contributed by atoms with Gasteiger partial charge in [0.2, 0.25) is 0 Å². The Morgan fingerprint density at radius 2 is 1.91 bits per heavy atom. The molecule has 9 nitrogen and oxygen atoms in total. The van der Waals surface area contributed by atoms with E-state index in [0.717, 1.165) is 11.1 Å². The molecular weight excluding hydrogens is 410 g/mol. The van der Waals surface area contributed by atoms with Crippen molar-refractivity contribution in [3.8, 4) is 0 Å². The van der Waals surface area contributed by atoms with Crippen molar-refractivity contribution < 1.29 is 19.7 Å². The summed E-state index contributed by atoms with van der Waals surface area (Å²) in [7, 11) is 0. The Kier molecular flexibility index (Phi) is 4.44. The molecule has 2 aliphatic rings. The fraction of sp³-hybridized carbons (Fsp3) is 0.261. The number of aliphatic hydroxyl groups is 2. The lowest BCUT2D eigenvalue weighted by Gasteiger charge is -2.16. The van der Waals surface area contributed by atoms with Crippen LogP contribution in [0.5, 0.6) is 0 Å². The number of hydrogen-bond acceptors (Lipinski definition) is 8. The highest BCUT2D eigenvalue weighted by Gasteiger charge is 2.44. The molecule has 1 aliphatic carbocycles. The first kappa shape index (κ1) is 19.3. The molecule has 0 radical (unpaired) electrons. The largest absolute Gasteiger partial charge is 0.387 e. The zero-order chi connectivity index (χ0) is 21.8. The number of imidazole rings is 1. The molecule has 4 aromatic rings. The van der Waals surface area contributed by atoms with E-state index >= 15 is 0 Å². The predicted octanol–water partition coefficient (Wildman–Crippen LogP) is 1.75. The smallest absolute Gasteiger partial charge is 0.167 e. The monoisotopic (exact) mass is 431 g/mol. The Labute approximate surface area is 182 Å². The molecule has 1 saturated heterocycles. The fourth-order valence-corrected chi connectivity index (χ4v) is 4.58. The van der Waals surface area contributed by atoms with Crippen LogP contribution in [0.15, 0.2) is 49.1 Å². The van der Waals surface area contributed by atoms with Gasteiger partial charge in [-0.1, -0.05) is 36.4 Å². The first-order valence-corrected chi connectivity index (χ1v) is 10.4. The standard InChI is InChI=1S/C23H21N5O4/c24-21-18-22(26-10-25-21)28(11-27-18)23-20(30)19(29)16(32-23)9-31-8-14-7-13-5-1-3-12-4-2-6-15(14)17(12)13/h1-7,10-11,16,19-20,23,29-30H,8-9H2,(H2,24,25,26)/t16-,19-,20-,23-/m1/s1. The number of aliphatic hydroxyl groups excluding tert-OH is 2. The SMILES string of the molecule is Nc1ncnc2c1ncn2[C@@H]1O[C@H](COCC2=Cc3cccc4cccc2c34)[C@@H](O)[C@H]1O. The van der Waals surface area contributed by atoms with Crippen molar-refractivity contribution in [1.82, 2.24) is 19.5 Å². The fourth-order valence-electron chi connectivity index (χ4n) is 4.58. The number of benzene rings is 2. The topological polar surface area (TPSA) is 129 Å². The van der Waals surface area contributed by atoms with Crippen LogP contribution >= 0.6 is 0 Å². The lowest BCUT2D eigenvalue weighted by molar-refractivity contribution is -0.0614. The molecule has 4 atom stereocenters. The molecular formula is C23H21N5O4. The van der Waals surface area contributed by atoms with E-state index in [1.165, 1.54) is 29.0 Å². The van der Waals surface area contributed by atoms with Crippen molar-refractivity contribution in [1.29, 1.82) is 0 Å².